The standard InChI is InChI=1S/C11H20N4/c1-9(10-6-13-14(2)7-10)15-5-3-4-11(12)8-15/h6-7,9,11H,3-5,8,12H2,1-2H3. The highest BCUT2D eigenvalue weighted by Gasteiger charge is 2.22. The third-order valence-corrected chi connectivity index (χ3v) is 3.24. The van der Waals surface area contributed by atoms with E-state index >= 15 is 0 Å². The van der Waals surface area contributed by atoms with Crippen LogP contribution in [-0.4, -0.2) is 33.8 Å². The van der Waals surface area contributed by atoms with Gasteiger partial charge in [-0.25, -0.2) is 0 Å². The molecule has 1 aromatic heterocycles. The summed E-state index contributed by atoms with van der Waals surface area (Å²) < 4.78 is 1.86. The molecular weight excluding hydrogens is 188 g/mol. The van der Waals surface area contributed by atoms with Crippen molar-refractivity contribution in [3.63, 3.8) is 0 Å². The quantitative estimate of drug-likeness (QED) is 0.785. The molecule has 0 radical (unpaired) electrons. The Labute approximate surface area is 91.1 Å². The maximum Gasteiger partial charge on any atom is 0.0537 e. The number of nitrogens with zero attached hydrogens (tertiary/aromatic N) is 3. The van der Waals surface area contributed by atoms with Crippen LogP contribution in [0.3, 0.4) is 0 Å². The van der Waals surface area contributed by atoms with Crippen molar-refractivity contribution in [3.8, 4) is 0 Å². The van der Waals surface area contributed by atoms with E-state index in [2.05, 4.69) is 23.1 Å². The first-order valence-corrected chi connectivity index (χ1v) is 5.65. The Morgan fingerprint density at radius 1 is 1.60 bits per heavy atom. The smallest absolute Gasteiger partial charge is 0.0537 e. The number of aromatic nitrogens is 2. The molecule has 0 saturated carbocycles. The topological polar surface area (TPSA) is 47.1 Å². The third-order valence-electron chi connectivity index (χ3n) is 3.24. The van der Waals surface area contributed by atoms with Crippen molar-refractivity contribution in [3.05, 3.63) is 18.0 Å². The maximum absolute atomic E-state index is 5.98. The summed E-state index contributed by atoms with van der Waals surface area (Å²) in [6.45, 7) is 4.40. The number of rotatable bonds is 2. The molecule has 0 bridgehead atoms. The highest BCUT2D eigenvalue weighted by atomic mass is 15.3. The molecule has 1 aromatic rings. The van der Waals surface area contributed by atoms with Crippen LogP contribution in [0.15, 0.2) is 12.4 Å². The average molecular weight is 208 g/mol. The predicted molar refractivity (Wildman–Crippen MR) is 60.4 cm³/mol. The van der Waals surface area contributed by atoms with Crippen LogP contribution < -0.4 is 5.73 Å². The Bertz CT molecular complexity index is 320. The fraction of sp³-hybridized carbons (Fsp3) is 0.727. The summed E-state index contributed by atoms with van der Waals surface area (Å²) in [5, 5.41) is 4.21. The normalized spacial score (nSPS) is 25.4. The number of piperidine rings is 1. The molecule has 1 fully saturated rings. The maximum atomic E-state index is 5.98. The van der Waals surface area contributed by atoms with Crippen LogP contribution in [-0.2, 0) is 7.05 Å². The number of likely N-dealkylation sites (tertiary alicyclic amines) is 1. The summed E-state index contributed by atoms with van der Waals surface area (Å²) in [6.07, 6.45) is 6.41. The molecule has 0 aromatic carbocycles. The van der Waals surface area contributed by atoms with E-state index in [1.807, 2.05) is 17.9 Å². The number of hydrogen-bond acceptors (Lipinski definition) is 3. The summed E-state index contributed by atoms with van der Waals surface area (Å²) >= 11 is 0. The van der Waals surface area contributed by atoms with E-state index in [4.69, 9.17) is 5.73 Å². The SMILES string of the molecule is CC(c1cnn(C)c1)N1CCCC(N)C1. The van der Waals surface area contributed by atoms with Gasteiger partial charge < -0.3 is 5.73 Å². The van der Waals surface area contributed by atoms with Crippen LogP contribution in [0.5, 0.6) is 0 Å². The fourth-order valence-electron chi connectivity index (χ4n) is 2.26. The van der Waals surface area contributed by atoms with Crippen LogP contribution >= 0.6 is 0 Å². The van der Waals surface area contributed by atoms with E-state index in [0.717, 1.165) is 19.5 Å². The zero-order chi connectivity index (χ0) is 10.8. The van der Waals surface area contributed by atoms with E-state index in [9.17, 15) is 0 Å². The van der Waals surface area contributed by atoms with E-state index in [0.29, 0.717) is 12.1 Å². The Balaban J connectivity index is 2.03. The molecule has 0 spiro atoms. The van der Waals surface area contributed by atoms with E-state index in [-0.39, 0.29) is 0 Å². The minimum Gasteiger partial charge on any atom is -0.327 e. The lowest BCUT2D eigenvalue weighted by atomic mass is 10.0. The van der Waals surface area contributed by atoms with Crippen LogP contribution in [0.2, 0.25) is 0 Å². The molecule has 1 aliphatic rings. The molecule has 1 saturated heterocycles. The molecule has 2 heterocycles. The Hall–Kier alpha value is -0.870. The van der Waals surface area contributed by atoms with Gasteiger partial charge in [0.2, 0.25) is 0 Å². The number of nitrogens with two attached hydrogens (primary N) is 1. The number of hydrogen-bond donors (Lipinski definition) is 1. The second kappa shape index (κ2) is 4.33. The van der Waals surface area contributed by atoms with Crippen molar-refractivity contribution in [1.82, 2.24) is 14.7 Å². The first-order chi connectivity index (χ1) is 7.16. The second-order valence-electron chi connectivity index (χ2n) is 4.52. The molecule has 0 amide bonds. The van der Waals surface area contributed by atoms with Crippen LogP contribution in [0.25, 0.3) is 0 Å². The molecule has 2 rings (SSSR count). The average Bonchev–Trinajstić information content (AvgIpc) is 2.64. The lowest BCUT2D eigenvalue weighted by Gasteiger charge is -2.34. The van der Waals surface area contributed by atoms with Crippen LogP contribution in [0.1, 0.15) is 31.4 Å². The zero-order valence-corrected chi connectivity index (χ0v) is 9.56. The molecular formula is C11H20N4. The van der Waals surface area contributed by atoms with E-state index < -0.39 is 0 Å². The van der Waals surface area contributed by atoms with Gasteiger partial charge in [-0.2, -0.15) is 5.10 Å². The van der Waals surface area contributed by atoms with Crippen molar-refractivity contribution >= 4 is 0 Å². The van der Waals surface area contributed by atoms with Crippen LogP contribution in [0, 0.1) is 0 Å². The van der Waals surface area contributed by atoms with Gasteiger partial charge in [0.15, 0.2) is 0 Å². The Morgan fingerprint density at radius 3 is 3.00 bits per heavy atom. The zero-order valence-electron chi connectivity index (χ0n) is 9.56. The Kier molecular flexibility index (Phi) is 3.07. The summed E-state index contributed by atoms with van der Waals surface area (Å²) in [5.74, 6) is 0. The van der Waals surface area contributed by atoms with Gasteiger partial charge >= 0.3 is 0 Å². The van der Waals surface area contributed by atoms with Gasteiger partial charge in [-0.1, -0.05) is 0 Å². The van der Waals surface area contributed by atoms with Gasteiger partial charge in [-0.15, -0.1) is 0 Å². The largest absolute Gasteiger partial charge is 0.327 e. The van der Waals surface area contributed by atoms with E-state index in [1.54, 1.807) is 0 Å². The first-order valence-electron chi connectivity index (χ1n) is 5.65. The molecule has 4 nitrogen and oxygen atoms in total. The molecule has 1 aliphatic heterocycles. The monoisotopic (exact) mass is 208 g/mol. The van der Waals surface area contributed by atoms with Crippen molar-refractivity contribution in [2.45, 2.75) is 31.8 Å². The molecule has 2 N–H and O–H groups in total. The highest BCUT2D eigenvalue weighted by Crippen LogP contribution is 2.22. The van der Waals surface area contributed by atoms with Gasteiger partial charge in [0.05, 0.1) is 6.20 Å². The second-order valence-corrected chi connectivity index (χ2v) is 4.52. The van der Waals surface area contributed by atoms with Gasteiger partial charge in [-0.3, -0.25) is 9.58 Å². The van der Waals surface area contributed by atoms with Gasteiger partial charge in [0.1, 0.15) is 0 Å². The lowest BCUT2D eigenvalue weighted by Crippen LogP contribution is -2.43. The van der Waals surface area contributed by atoms with Gasteiger partial charge in [0.25, 0.3) is 0 Å². The molecule has 15 heavy (non-hydrogen) atoms. The first kappa shape index (κ1) is 10.6. The summed E-state index contributed by atoms with van der Waals surface area (Å²) in [5.41, 5.74) is 7.27. The van der Waals surface area contributed by atoms with E-state index in [1.165, 1.54) is 12.0 Å². The minimum atomic E-state index is 0.345. The molecule has 2 unspecified atom stereocenters. The highest BCUT2D eigenvalue weighted by molar-refractivity contribution is 5.09. The molecule has 4 heteroatoms. The van der Waals surface area contributed by atoms with Gasteiger partial charge in [0, 0.05) is 37.4 Å². The van der Waals surface area contributed by atoms with Crippen molar-refractivity contribution in [2.24, 2.45) is 12.8 Å². The van der Waals surface area contributed by atoms with Crippen molar-refractivity contribution in [2.75, 3.05) is 13.1 Å². The molecule has 2 atom stereocenters. The summed E-state index contributed by atoms with van der Waals surface area (Å²) in [7, 11) is 1.96. The van der Waals surface area contributed by atoms with Crippen LogP contribution in [0.4, 0.5) is 0 Å². The van der Waals surface area contributed by atoms with Crippen molar-refractivity contribution < 1.29 is 0 Å². The molecule has 84 valence electrons. The Morgan fingerprint density at radius 2 is 2.40 bits per heavy atom. The minimum absolute atomic E-state index is 0.345. The predicted octanol–water partition coefficient (Wildman–Crippen LogP) is 0.904. The van der Waals surface area contributed by atoms with Gasteiger partial charge in [-0.05, 0) is 26.3 Å². The fourth-order valence-corrected chi connectivity index (χ4v) is 2.26. The third kappa shape index (κ3) is 2.38. The lowest BCUT2D eigenvalue weighted by molar-refractivity contribution is 0.159. The van der Waals surface area contributed by atoms with Crippen molar-refractivity contribution in [1.29, 1.82) is 0 Å². The summed E-state index contributed by atoms with van der Waals surface area (Å²) in [6, 6.07) is 0.780. The number of aryl methyl sites for hydroxylation is 1. The molecule has 0 aliphatic carbocycles. The summed E-state index contributed by atoms with van der Waals surface area (Å²) in [4.78, 5) is 2.45.